The van der Waals surface area contributed by atoms with E-state index in [1.54, 1.807) is 23.7 Å². The van der Waals surface area contributed by atoms with Crippen LogP contribution < -0.4 is 5.48 Å². The third-order valence-electron chi connectivity index (χ3n) is 3.23. The van der Waals surface area contributed by atoms with Crippen molar-refractivity contribution >= 4 is 14.2 Å². The van der Waals surface area contributed by atoms with Crippen LogP contribution in [-0.4, -0.2) is 25.5 Å². The standard InChI is InChI=1S/C13H25NO3Si/c1-7-8-9-11(10-12(15)14-16)17-18(5,6)13(2,3)4/h7-9,11,16H,1,10H2,2-6H3,(H,14,15)/b9-8+/t11-/m1/s1. The largest absolute Gasteiger partial charge is 0.410 e. The lowest BCUT2D eigenvalue weighted by atomic mass is 10.2. The summed E-state index contributed by atoms with van der Waals surface area (Å²) in [6.07, 6.45) is 4.95. The van der Waals surface area contributed by atoms with Crippen LogP contribution in [0.15, 0.2) is 24.8 Å². The van der Waals surface area contributed by atoms with E-state index in [0.29, 0.717) is 0 Å². The number of rotatable bonds is 6. The Morgan fingerprint density at radius 3 is 2.44 bits per heavy atom. The second kappa shape index (κ2) is 6.87. The Kier molecular flexibility index (Phi) is 6.52. The molecule has 0 unspecified atom stereocenters. The molecule has 0 radical (unpaired) electrons. The highest BCUT2D eigenvalue weighted by Gasteiger charge is 2.39. The predicted molar refractivity (Wildman–Crippen MR) is 76.0 cm³/mol. The van der Waals surface area contributed by atoms with E-state index >= 15 is 0 Å². The number of carbonyl (C=O) groups is 1. The average molecular weight is 271 g/mol. The van der Waals surface area contributed by atoms with Gasteiger partial charge < -0.3 is 4.43 Å². The van der Waals surface area contributed by atoms with Gasteiger partial charge in [0.1, 0.15) is 0 Å². The maximum absolute atomic E-state index is 11.2. The SMILES string of the molecule is C=C/C=C/[C@H](CC(=O)NO)O[Si](C)(C)C(C)(C)C. The minimum Gasteiger partial charge on any atom is -0.410 e. The molecule has 0 saturated carbocycles. The van der Waals surface area contributed by atoms with Gasteiger partial charge in [0.15, 0.2) is 8.32 Å². The van der Waals surface area contributed by atoms with E-state index in [4.69, 9.17) is 9.63 Å². The maximum Gasteiger partial charge on any atom is 0.246 e. The van der Waals surface area contributed by atoms with E-state index in [1.165, 1.54) is 0 Å². The van der Waals surface area contributed by atoms with Crippen molar-refractivity contribution in [1.29, 1.82) is 0 Å². The van der Waals surface area contributed by atoms with Crippen LogP contribution in [0.25, 0.3) is 0 Å². The lowest BCUT2D eigenvalue weighted by molar-refractivity contribution is -0.130. The number of carbonyl (C=O) groups excluding carboxylic acids is 1. The van der Waals surface area contributed by atoms with Gasteiger partial charge in [-0.15, -0.1) is 0 Å². The summed E-state index contributed by atoms with van der Waals surface area (Å²) in [6.45, 7) is 14.3. The first-order chi connectivity index (χ1) is 8.14. The van der Waals surface area contributed by atoms with Crippen molar-refractivity contribution in [2.75, 3.05) is 0 Å². The molecule has 0 aromatic heterocycles. The molecule has 0 aliphatic rings. The molecule has 0 bridgehead atoms. The number of hydrogen-bond donors (Lipinski definition) is 2. The summed E-state index contributed by atoms with van der Waals surface area (Å²) in [6, 6.07) is 0. The smallest absolute Gasteiger partial charge is 0.246 e. The fourth-order valence-electron chi connectivity index (χ4n) is 1.14. The van der Waals surface area contributed by atoms with Crippen LogP contribution in [0.3, 0.4) is 0 Å². The maximum atomic E-state index is 11.2. The summed E-state index contributed by atoms with van der Waals surface area (Å²) in [4.78, 5) is 11.2. The highest BCUT2D eigenvalue weighted by atomic mass is 28.4. The summed E-state index contributed by atoms with van der Waals surface area (Å²) < 4.78 is 6.11. The van der Waals surface area contributed by atoms with Gasteiger partial charge in [-0.25, -0.2) is 5.48 Å². The normalized spacial score (nSPS) is 14.6. The van der Waals surface area contributed by atoms with Crippen LogP contribution in [-0.2, 0) is 9.22 Å². The molecule has 0 aliphatic heterocycles. The number of allylic oxidation sites excluding steroid dienone is 2. The molecule has 1 atom stereocenters. The summed E-state index contributed by atoms with van der Waals surface area (Å²) in [5, 5.41) is 8.65. The van der Waals surface area contributed by atoms with Gasteiger partial charge >= 0.3 is 0 Å². The molecule has 1 amide bonds. The van der Waals surface area contributed by atoms with E-state index in [9.17, 15) is 4.79 Å². The Morgan fingerprint density at radius 2 is 2.06 bits per heavy atom. The first-order valence-corrected chi connectivity index (χ1v) is 8.95. The number of hydroxylamine groups is 1. The van der Waals surface area contributed by atoms with E-state index in [2.05, 4.69) is 40.4 Å². The van der Waals surface area contributed by atoms with Gasteiger partial charge in [-0.2, -0.15) is 0 Å². The Morgan fingerprint density at radius 1 is 1.50 bits per heavy atom. The van der Waals surface area contributed by atoms with Crippen molar-refractivity contribution in [2.24, 2.45) is 0 Å². The average Bonchev–Trinajstić information content (AvgIpc) is 2.23. The Hall–Kier alpha value is -0.913. The first-order valence-electron chi connectivity index (χ1n) is 6.04. The first kappa shape index (κ1) is 17.1. The lowest BCUT2D eigenvalue weighted by Gasteiger charge is -2.38. The van der Waals surface area contributed by atoms with E-state index < -0.39 is 14.2 Å². The van der Waals surface area contributed by atoms with Gasteiger partial charge in [0.2, 0.25) is 5.91 Å². The molecule has 0 spiro atoms. The zero-order chi connectivity index (χ0) is 14.4. The zero-order valence-electron chi connectivity index (χ0n) is 12.0. The van der Waals surface area contributed by atoms with Crippen LogP contribution in [0.5, 0.6) is 0 Å². The fourth-order valence-corrected chi connectivity index (χ4v) is 2.41. The van der Waals surface area contributed by atoms with Crippen LogP contribution in [0.4, 0.5) is 0 Å². The highest BCUT2D eigenvalue weighted by Crippen LogP contribution is 2.37. The van der Waals surface area contributed by atoms with Gasteiger partial charge in [-0.1, -0.05) is 45.6 Å². The molecule has 4 nitrogen and oxygen atoms in total. The molecule has 0 aromatic carbocycles. The number of amides is 1. The van der Waals surface area contributed by atoms with Crippen LogP contribution in [0, 0.1) is 0 Å². The minimum absolute atomic E-state index is 0.0724. The summed E-state index contributed by atoms with van der Waals surface area (Å²) in [7, 11) is -1.94. The lowest BCUT2D eigenvalue weighted by Crippen LogP contribution is -2.44. The number of nitrogens with one attached hydrogen (secondary N) is 1. The van der Waals surface area contributed by atoms with Gasteiger partial charge in [0.05, 0.1) is 12.5 Å². The molecular weight excluding hydrogens is 246 g/mol. The minimum atomic E-state index is -1.94. The van der Waals surface area contributed by atoms with E-state index in [-0.39, 0.29) is 17.6 Å². The Labute approximate surface area is 111 Å². The van der Waals surface area contributed by atoms with Crippen LogP contribution in [0.2, 0.25) is 18.1 Å². The highest BCUT2D eigenvalue weighted by molar-refractivity contribution is 6.74. The van der Waals surface area contributed by atoms with E-state index in [1.807, 2.05) is 0 Å². The summed E-state index contributed by atoms with van der Waals surface area (Å²) >= 11 is 0. The summed E-state index contributed by atoms with van der Waals surface area (Å²) in [5.74, 6) is -0.451. The third-order valence-corrected chi connectivity index (χ3v) is 7.73. The molecule has 0 aliphatic carbocycles. The predicted octanol–water partition coefficient (Wildman–Crippen LogP) is 3.01. The monoisotopic (exact) mass is 271 g/mol. The molecule has 104 valence electrons. The van der Waals surface area contributed by atoms with Crippen LogP contribution >= 0.6 is 0 Å². The second-order valence-electron chi connectivity index (χ2n) is 5.78. The Balaban J connectivity index is 4.83. The third kappa shape index (κ3) is 5.62. The van der Waals surface area contributed by atoms with Crippen molar-refractivity contribution in [3.8, 4) is 0 Å². The zero-order valence-corrected chi connectivity index (χ0v) is 13.0. The second-order valence-corrected chi connectivity index (χ2v) is 10.5. The molecule has 0 saturated heterocycles. The van der Waals surface area contributed by atoms with Gasteiger partial charge in [-0.05, 0) is 18.1 Å². The molecule has 0 heterocycles. The van der Waals surface area contributed by atoms with Crippen molar-refractivity contribution in [1.82, 2.24) is 5.48 Å². The summed E-state index contributed by atoms with van der Waals surface area (Å²) in [5.41, 5.74) is 1.63. The van der Waals surface area contributed by atoms with Gasteiger partial charge in [-0.3, -0.25) is 10.0 Å². The molecule has 18 heavy (non-hydrogen) atoms. The van der Waals surface area contributed by atoms with E-state index in [0.717, 1.165) is 0 Å². The molecule has 0 fully saturated rings. The van der Waals surface area contributed by atoms with Gasteiger partial charge in [0, 0.05) is 0 Å². The number of hydrogen-bond acceptors (Lipinski definition) is 3. The molecule has 2 N–H and O–H groups in total. The molecular formula is C13H25NO3Si. The topological polar surface area (TPSA) is 58.6 Å². The van der Waals surface area contributed by atoms with Crippen molar-refractivity contribution in [3.63, 3.8) is 0 Å². The molecule has 0 rings (SSSR count). The Bertz CT molecular complexity index is 319. The molecule has 0 aromatic rings. The van der Waals surface area contributed by atoms with Gasteiger partial charge in [0.25, 0.3) is 0 Å². The quantitative estimate of drug-likeness (QED) is 0.338. The van der Waals surface area contributed by atoms with Crippen molar-refractivity contribution in [2.45, 2.75) is 51.4 Å². The fraction of sp³-hybridized carbons (Fsp3) is 0.615. The van der Waals surface area contributed by atoms with Crippen LogP contribution in [0.1, 0.15) is 27.2 Å². The van der Waals surface area contributed by atoms with Crippen molar-refractivity contribution in [3.05, 3.63) is 24.8 Å². The van der Waals surface area contributed by atoms with Crippen molar-refractivity contribution < 1.29 is 14.4 Å². The molecule has 5 heteroatoms.